The number of allylic oxidation sites excluding steroid dienone is 4. The summed E-state index contributed by atoms with van der Waals surface area (Å²) in [7, 11) is 0. The molecule has 3 heteroatoms. The summed E-state index contributed by atoms with van der Waals surface area (Å²) in [5.74, 6) is -1.06. The van der Waals surface area contributed by atoms with Crippen LogP contribution in [-0.2, 0) is 4.79 Å². The highest BCUT2D eigenvalue weighted by Gasteiger charge is 2.25. The van der Waals surface area contributed by atoms with Gasteiger partial charge in [-0.25, -0.2) is 8.78 Å². The molecule has 2 unspecified atom stereocenters. The Labute approximate surface area is 108 Å². The summed E-state index contributed by atoms with van der Waals surface area (Å²) >= 11 is 0. The van der Waals surface area contributed by atoms with Crippen molar-refractivity contribution in [3.05, 3.63) is 22.8 Å². The molecule has 0 N–H and O–H groups in total. The predicted molar refractivity (Wildman–Crippen MR) is 69.4 cm³/mol. The Morgan fingerprint density at radius 2 is 1.83 bits per heavy atom. The Morgan fingerprint density at radius 3 is 2.39 bits per heavy atom. The molecule has 0 spiro atoms. The highest BCUT2D eigenvalue weighted by molar-refractivity contribution is 5.76. The van der Waals surface area contributed by atoms with Crippen molar-refractivity contribution in [2.24, 2.45) is 11.8 Å². The van der Waals surface area contributed by atoms with Crippen LogP contribution >= 0.6 is 0 Å². The van der Waals surface area contributed by atoms with Crippen molar-refractivity contribution in [2.75, 3.05) is 0 Å². The van der Waals surface area contributed by atoms with Crippen LogP contribution in [0.1, 0.15) is 52.9 Å². The van der Waals surface area contributed by atoms with Crippen molar-refractivity contribution in [1.29, 1.82) is 0 Å². The molecule has 0 bridgehead atoms. The first-order valence-electron chi connectivity index (χ1n) is 6.73. The molecule has 0 fully saturated rings. The van der Waals surface area contributed by atoms with E-state index in [1.54, 1.807) is 0 Å². The molecule has 0 radical (unpaired) electrons. The molecule has 1 rings (SSSR count). The van der Waals surface area contributed by atoms with E-state index in [0.29, 0.717) is 30.6 Å². The van der Waals surface area contributed by atoms with Gasteiger partial charge in [-0.2, -0.15) is 0 Å². The summed E-state index contributed by atoms with van der Waals surface area (Å²) in [5.41, 5.74) is 0.506. The fraction of sp³-hybridized carbons (Fsp3) is 0.667. The van der Waals surface area contributed by atoms with Gasteiger partial charge in [0.15, 0.2) is 11.7 Å². The van der Waals surface area contributed by atoms with Crippen LogP contribution in [0.15, 0.2) is 22.8 Å². The van der Waals surface area contributed by atoms with E-state index in [2.05, 4.69) is 13.8 Å². The molecule has 0 saturated heterocycles. The summed E-state index contributed by atoms with van der Waals surface area (Å²) in [6.45, 7) is 6.24. The van der Waals surface area contributed by atoms with Gasteiger partial charge in [-0.3, -0.25) is 4.79 Å². The number of halogens is 2. The van der Waals surface area contributed by atoms with E-state index in [1.165, 1.54) is 0 Å². The Bertz CT molecular complexity index is 369. The molecular formula is C15H22F2O. The fourth-order valence-corrected chi connectivity index (χ4v) is 2.26. The van der Waals surface area contributed by atoms with Crippen molar-refractivity contribution in [3.8, 4) is 0 Å². The Hall–Kier alpha value is -0.990. The SMILES string of the molecule is CCC(C)CCC(C)C1=C(F)C(F)=C(C=O)CC1. The molecule has 102 valence electrons. The van der Waals surface area contributed by atoms with E-state index >= 15 is 0 Å². The average molecular weight is 256 g/mol. The van der Waals surface area contributed by atoms with E-state index in [0.717, 1.165) is 19.3 Å². The Balaban J connectivity index is 2.74. The molecule has 2 atom stereocenters. The molecule has 0 amide bonds. The number of aldehydes is 1. The quantitative estimate of drug-likeness (QED) is 0.618. The number of hydrogen-bond donors (Lipinski definition) is 0. The van der Waals surface area contributed by atoms with Crippen LogP contribution in [0.2, 0.25) is 0 Å². The Morgan fingerprint density at radius 1 is 1.17 bits per heavy atom. The van der Waals surface area contributed by atoms with Gasteiger partial charge in [0.05, 0.1) is 0 Å². The lowest BCUT2D eigenvalue weighted by molar-refractivity contribution is -0.105. The predicted octanol–water partition coefficient (Wildman–Crippen LogP) is 4.89. The normalized spacial score (nSPS) is 20.1. The maximum atomic E-state index is 13.8. The lowest BCUT2D eigenvalue weighted by atomic mass is 9.85. The highest BCUT2D eigenvalue weighted by Crippen LogP contribution is 2.36. The summed E-state index contributed by atoms with van der Waals surface area (Å²) < 4.78 is 27.4. The van der Waals surface area contributed by atoms with Gasteiger partial charge in [0.25, 0.3) is 0 Å². The summed E-state index contributed by atoms with van der Waals surface area (Å²) in [6, 6.07) is 0. The molecule has 0 aromatic heterocycles. The third kappa shape index (κ3) is 3.50. The molecule has 0 heterocycles. The fourth-order valence-electron chi connectivity index (χ4n) is 2.26. The average Bonchev–Trinajstić information content (AvgIpc) is 2.38. The summed E-state index contributed by atoms with van der Waals surface area (Å²) in [5, 5.41) is 0. The van der Waals surface area contributed by atoms with Crippen LogP contribution in [0, 0.1) is 11.8 Å². The third-order valence-electron chi connectivity index (χ3n) is 3.95. The van der Waals surface area contributed by atoms with Crippen molar-refractivity contribution in [3.63, 3.8) is 0 Å². The van der Waals surface area contributed by atoms with Gasteiger partial charge in [-0.1, -0.05) is 33.6 Å². The van der Waals surface area contributed by atoms with E-state index in [1.807, 2.05) is 6.92 Å². The topological polar surface area (TPSA) is 17.1 Å². The third-order valence-corrected chi connectivity index (χ3v) is 3.95. The van der Waals surface area contributed by atoms with Crippen LogP contribution in [0.3, 0.4) is 0 Å². The van der Waals surface area contributed by atoms with E-state index in [-0.39, 0.29) is 11.5 Å². The first kappa shape index (κ1) is 15.1. The zero-order valence-corrected chi connectivity index (χ0v) is 11.4. The van der Waals surface area contributed by atoms with Crippen LogP contribution in [0.4, 0.5) is 8.78 Å². The molecule has 1 aliphatic carbocycles. The number of carbonyl (C=O) groups is 1. The van der Waals surface area contributed by atoms with E-state index < -0.39 is 11.7 Å². The van der Waals surface area contributed by atoms with Crippen molar-refractivity contribution >= 4 is 6.29 Å². The van der Waals surface area contributed by atoms with Crippen LogP contribution in [0.25, 0.3) is 0 Å². The summed E-state index contributed by atoms with van der Waals surface area (Å²) in [4.78, 5) is 10.6. The molecule has 0 saturated carbocycles. The number of carbonyl (C=O) groups excluding carboxylic acids is 1. The van der Waals surface area contributed by atoms with Crippen molar-refractivity contribution in [1.82, 2.24) is 0 Å². The molecule has 0 aliphatic heterocycles. The molecular weight excluding hydrogens is 234 g/mol. The van der Waals surface area contributed by atoms with Gasteiger partial charge in [0.1, 0.15) is 6.29 Å². The highest BCUT2D eigenvalue weighted by atomic mass is 19.2. The zero-order valence-electron chi connectivity index (χ0n) is 11.4. The van der Waals surface area contributed by atoms with Gasteiger partial charge in [-0.15, -0.1) is 0 Å². The second-order valence-electron chi connectivity index (χ2n) is 5.29. The number of rotatable bonds is 6. The van der Waals surface area contributed by atoms with E-state index in [9.17, 15) is 13.6 Å². The maximum absolute atomic E-state index is 13.8. The maximum Gasteiger partial charge on any atom is 0.165 e. The Kier molecular flexibility index (Phi) is 5.70. The van der Waals surface area contributed by atoms with Crippen molar-refractivity contribution < 1.29 is 13.6 Å². The minimum absolute atomic E-state index is 0.0367. The van der Waals surface area contributed by atoms with Crippen LogP contribution in [0.5, 0.6) is 0 Å². The van der Waals surface area contributed by atoms with Gasteiger partial charge in [0.2, 0.25) is 0 Å². The van der Waals surface area contributed by atoms with Gasteiger partial charge >= 0.3 is 0 Å². The lowest BCUT2D eigenvalue weighted by Crippen LogP contribution is -2.10. The minimum Gasteiger partial charge on any atom is -0.298 e. The smallest absolute Gasteiger partial charge is 0.165 e. The van der Waals surface area contributed by atoms with Crippen LogP contribution in [-0.4, -0.2) is 6.29 Å². The molecule has 1 nitrogen and oxygen atoms in total. The van der Waals surface area contributed by atoms with Gasteiger partial charge in [0, 0.05) is 5.57 Å². The van der Waals surface area contributed by atoms with Gasteiger partial charge < -0.3 is 0 Å². The number of hydrogen-bond acceptors (Lipinski definition) is 1. The second kappa shape index (κ2) is 6.81. The molecule has 0 aromatic rings. The lowest BCUT2D eigenvalue weighted by Gasteiger charge is -2.22. The molecule has 18 heavy (non-hydrogen) atoms. The van der Waals surface area contributed by atoms with E-state index in [4.69, 9.17) is 0 Å². The minimum atomic E-state index is -0.943. The summed E-state index contributed by atoms with van der Waals surface area (Å²) in [6.07, 6.45) is 4.23. The first-order valence-corrected chi connectivity index (χ1v) is 6.73. The second-order valence-corrected chi connectivity index (χ2v) is 5.29. The zero-order chi connectivity index (χ0) is 13.7. The largest absolute Gasteiger partial charge is 0.298 e. The first-order chi connectivity index (χ1) is 8.51. The van der Waals surface area contributed by atoms with Crippen LogP contribution < -0.4 is 0 Å². The van der Waals surface area contributed by atoms with Gasteiger partial charge in [-0.05, 0) is 36.7 Å². The van der Waals surface area contributed by atoms with Crippen molar-refractivity contribution in [2.45, 2.75) is 52.9 Å². The monoisotopic (exact) mass is 256 g/mol. The molecule has 1 aliphatic rings. The molecule has 0 aromatic carbocycles. The standard InChI is InChI=1S/C15H22F2O/c1-4-10(2)5-6-11(3)13-8-7-12(9-18)14(16)15(13)17/h9-11H,4-8H2,1-3H3.